The summed E-state index contributed by atoms with van der Waals surface area (Å²) in [5, 5.41) is 0. The maximum Gasteiger partial charge on any atom is 0.259 e. The van der Waals surface area contributed by atoms with Gasteiger partial charge >= 0.3 is 0 Å². The van der Waals surface area contributed by atoms with E-state index in [0.29, 0.717) is 5.56 Å². The van der Waals surface area contributed by atoms with E-state index in [-0.39, 0.29) is 11.9 Å². The van der Waals surface area contributed by atoms with Crippen molar-refractivity contribution in [3.8, 4) is 0 Å². The van der Waals surface area contributed by atoms with Crippen LogP contribution >= 0.6 is 15.9 Å². The van der Waals surface area contributed by atoms with Gasteiger partial charge < -0.3 is 4.90 Å². The second kappa shape index (κ2) is 6.23. The van der Waals surface area contributed by atoms with Crippen molar-refractivity contribution < 1.29 is 4.79 Å². The fourth-order valence-electron chi connectivity index (χ4n) is 2.16. The van der Waals surface area contributed by atoms with Crippen LogP contribution in [0, 0.1) is 6.92 Å². The molecule has 2 aromatic carbocycles. The van der Waals surface area contributed by atoms with E-state index < -0.39 is 0 Å². The first-order chi connectivity index (χ1) is 9.50. The highest BCUT2D eigenvalue weighted by Crippen LogP contribution is 2.24. The first kappa shape index (κ1) is 14.8. The zero-order valence-corrected chi connectivity index (χ0v) is 13.5. The molecule has 0 radical (unpaired) electrons. The molecule has 104 valence electrons. The fourth-order valence-corrected chi connectivity index (χ4v) is 2.82. The minimum absolute atomic E-state index is 0.0121. The fraction of sp³-hybridized carbons (Fsp3) is 0.235. The summed E-state index contributed by atoms with van der Waals surface area (Å²) in [4.78, 5) is 14.6. The van der Waals surface area contributed by atoms with E-state index >= 15 is 0 Å². The van der Waals surface area contributed by atoms with Crippen LogP contribution in [0.2, 0.25) is 0 Å². The zero-order chi connectivity index (χ0) is 14.7. The van der Waals surface area contributed by atoms with Gasteiger partial charge in [0.15, 0.2) is 0 Å². The molecule has 0 saturated carbocycles. The number of hydrogen-bond acceptors (Lipinski definition) is 1. The highest BCUT2D eigenvalue weighted by atomic mass is 79.9. The van der Waals surface area contributed by atoms with Gasteiger partial charge in [0.1, 0.15) is 0 Å². The van der Waals surface area contributed by atoms with Gasteiger partial charge in [-0.2, -0.15) is 0 Å². The average Bonchev–Trinajstić information content (AvgIpc) is 2.39. The van der Waals surface area contributed by atoms with Crippen molar-refractivity contribution in [2.24, 2.45) is 0 Å². The van der Waals surface area contributed by atoms with Crippen LogP contribution in [0.4, 0.5) is 5.69 Å². The molecule has 0 heterocycles. The number of hydrogen-bond donors (Lipinski definition) is 0. The summed E-state index contributed by atoms with van der Waals surface area (Å²) in [6.07, 6.45) is 0. The molecule has 2 rings (SSSR count). The molecule has 1 amide bonds. The van der Waals surface area contributed by atoms with Gasteiger partial charge in [0.2, 0.25) is 0 Å². The largest absolute Gasteiger partial charge is 0.306 e. The number of halogens is 1. The molecule has 0 unspecified atom stereocenters. The van der Waals surface area contributed by atoms with Crippen LogP contribution in [0.5, 0.6) is 0 Å². The maximum atomic E-state index is 12.8. The first-order valence-corrected chi connectivity index (χ1v) is 7.44. The zero-order valence-electron chi connectivity index (χ0n) is 11.9. The molecule has 2 nitrogen and oxygen atoms in total. The van der Waals surface area contributed by atoms with E-state index in [4.69, 9.17) is 0 Å². The van der Waals surface area contributed by atoms with E-state index in [1.165, 1.54) is 0 Å². The van der Waals surface area contributed by atoms with Gasteiger partial charge in [0, 0.05) is 16.2 Å². The molecule has 0 bridgehead atoms. The summed E-state index contributed by atoms with van der Waals surface area (Å²) in [5.74, 6) is 0.0121. The molecule has 2 aromatic rings. The third kappa shape index (κ3) is 3.10. The summed E-state index contributed by atoms with van der Waals surface area (Å²) in [6.45, 7) is 6.05. The molecular formula is C17H18BrNO. The molecule has 3 heteroatoms. The van der Waals surface area contributed by atoms with Crippen molar-refractivity contribution in [3.63, 3.8) is 0 Å². The highest BCUT2D eigenvalue weighted by Gasteiger charge is 2.22. The maximum absolute atomic E-state index is 12.8. The topological polar surface area (TPSA) is 20.3 Å². The van der Waals surface area contributed by atoms with Crippen molar-refractivity contribution in [1.82, 2.24) is 0 Å². The van der Waals surface area contributed by atoms with Crippen LogP contribution in [0.25, 0.3) is 0 Å². The standard InChI is InChI=1S/C17H18BrNO/c1-12(2)19(14-7-5-4-6-8-14)17(20)15-10-9-13(3)11-16(15)18/h4-12H,1-3H3. The molecule has 0 aliphatic carbocycles. The SMILES string of the molecule is Cc1ccc(C(=O)N(c2ccccc2)C(C)C)c(Br)c1. The number of carbonyl (C=O) groups is 1. The number of rotatable bonds is 3. The number of para-hydroxylation sites is 1. The summed E-state index contributed by atoms with van der Waals surface area (Å²) < 4.78 is 0.837. The summed E-state index contributed by atoms with van der Waals surface area (Å²) >= 11 is 3.49. The Bertz CT molecular complexity index is 608. The van der Waals surface area contributed by atoms with Crippen molar-refractivity contribution in [2.75, 3.05) is 4.90 Å². The third-order valence-corrected chi connectivity index (χ3v) is 3.78. The van der Waals surface area contributed by atoms with E-state index in [1.807, 2.05) is 74.2 Å². The molecule has 20 heavy (non-hydrogen) atoms. The Hall–Kier alpha value is -1.61. The number of benzene rings is 2. The number of amides is 1. The molecule has 0 aromatic heterocycles. The molecule has 0 fully saturated rings. The normalized spacial score (nSPS) is 10.7. The molecule has 0 aliphatic rings. The minimum Gasteiger partial charge on any atom is -0.306 e. The van der Waals surface area contributed by atoms with Gasteiger partial charge in [-0.15, -0.1) is 0 Å². The smallest absolute Gasteiger partial charge is 0.259 e. The Morgan fingerprint density at radius 3 is 2.30 bits per heavy atom. The Balaban J connectivity index is 2.42. The minimum atomic E-state index is 0.0121. The second-order valence-electron chi connectivity index (χ2n) is 5.09. The lowest BCUT2D eigenvalue weighted by molar-refractivity contribution is 0.0979. The van der Waals surface area contributed by atoms with E-state index in [9.17, 15) is 4.79 Å². The highest BCUT2D eigenvalue weighted by molar-refractivity contribution is 9.10. The number of aryl methyl sites for hydroxylation is 1. The Morgan fingerprint density at radius 1 is 1.10 bits per heavy atom. The molecule has 0 N–H and O–H groups in total. The average molecular weight is 332 g/mol. The van der Waals surface area contributed by atoms with Gasteiger partial charge in [0.05, 0.1) is 5.56 Å². The van der Waals surface area contributed by atoms with Gasteiger partial charge in [-0.3, -0.25) is 4.79 Å². The van der Waals surface area contributed by atoms with Crippen LogP contribution in [0.15, 0.2) is 53.0 Å². The van der Waals surface area contributed by atoms with Crippen LogP contribution < -0.4 is 4.90 Å². The quantitative estimate of drug-likeness (QED) is 0.790. The number of nitrogens with zero attached hydrogens (tertiary/aromatic N) is 1. The van der Waals surface area contributed by atoms with Gasteiger partial charge in [-0.1, -0.05) is 24.3 Å². The lowest BCUT2D eigenvalue weighted by Crippen LogP contribution is -2.37. The predicted molar refractivity (Wildman–Crippen MR) is 87.3 cm³/mol. The Kier molecular flexibility index (Phi) is 4.61. The van der Waals surface area contributed by atoms with E-state index in [2.05, 4.69) is 15.9 Å². The van der Waals surface area contributed by atoms with Crippen molar-refractivity contribution >= 4 is 27.5 Å². The number of anilines is 1. The van der Waals surface area contributed by atoms with Gasteiger partial charge in [-0.25, -0.2) is 0 Å². The van der Waals surface area contributed by atoms with Crippen LogP contribution in [-0.4, -0.2) is 11.9 Å². The van der Waals surface area contributed by atoms with Crippen molar-refractivity contribution in [1.29, 1.82) is 0 Å². The van der Waals surface area contributed by atoms with Crippen LogP contribution in [-0.2, 0) is 0 Å². The first-order valence-electron chi connectivity index (χ1n) is 6.65. The summed E-state index contributed by atoms with van der Waals surface area (Å²) in [6, 6.07) is 15.7. The summed E-state index contributed by atoms with van der Waals surface area (Å²) in [5.41, 5.74) is 2.73. The Morgan fingerprint density at radius 2 is 1.75 bits per heavy atom. The molecule has 0 aliphatic heterocycles. The molecular weight excluding hydrogens is 314 g/mol. The van der Waals surface area contributed by atoms with Crippen LogP contribution in [0.3, 0.4) is 0 Å². The van der Waals surface area contributed by atoms with E-state index in [1.54, 1.807) is 0 Å². The molecule has 0 saturated heterocycles. The Labute approximate surface area is 128 Å². The van der Waals surface area contributed by atoms with Gasteiger partial charge in [-0.05, 0) is 66.5 Å². The third-order valence-electron chi connectivity index (χ3n) is 3.12. The lowest BCUT2D eigenvalue weighted by Gasteiger charge is -2.27. The number of carbonyl (C=O) groups excluding carboxylic acids is 1. The molecule has 0 atom stereocenters. The lowest BCUT2D eigenvalue weighted by atomic mass is 10.1. The molecule has 0 spiro atoms. The van der Waals surface area contributed by atoms with E-state index in [0.717, 1.165) is 15.7 Å². The van der Waals surface area contributed by atoms with Crippen molar-refractivity contribution in [2.45, 2.75) is 26.8 Å². The van der Waals surface area contributed by atoms with Crippen molar-refractivity contribution in [3.05, 3.63) is 64.1 Å². The predicted octanol–water partition coefficient (Wildman–Crippen LogP) is 4.81. The monoisotopic (exact) mass is 331 g/mol. The summed E-state index contributed by atoms with van der Waals surface area (Å²) in [7, 11) is 0. The van der Waals surface area contributed by atoms with Crippen LogP contribution in [0.1, 0.15) is 29.8 Å². The second-order valence-corrected chi connectivity index (χ2v) is 5.94. The van der Waals surface area contributed by atoms with Gasteiger partial charge in [0.25, 0.3) is 5.91 Å².